The molecule has 0 saturated carbocycles. The molecule has 0 spiro atoms. The normalized spacial score (nSPS) is 11.1. The first-order chi connectivity index (χ1) is 9.81. The van der Waals surface area contributed by atoms with E-state index in [1.807, 2.05) is 4.72 Å². The topological polar surface area (TPSA) is 83.5 Å². The molecular formula is C13H9F2NO4S. The van der Waals surface area contributed by atoms with Gasteiger partial charge in [0.25, 0.3) is 10.0 Å². The summed E-state index contributed by atoms with van der Waals surface area (Å²) in [5.41, 5.74) is -0.929. The van der Waals surface area contributed by atoms with Crippen molar-refractivity contribution in [2.24, 2.45) is 0 Å². The Morgan fingerprint density at radius 2 is 1.76 bits per heavy atom. The van der Waals surface area contributed by atoms with Gasteiger partial charge in [-0.05, 0) is 30.3 Å². The Hall–Kier alpha value is -2.48. The second-order valence-electron chi connectivity index (χ2n) is 4.03. The molecule has 0 heterocycles. The number of carboxylic acid groups (broad SMARTS) is 1. The fourth-order valence-electron chi connectivity index (χ4n) is 1.65. The van der Waals surface area contributed by atoms with Crippen LogP contribution in [0.3, 0.4) is 0 Å². The van der Waals surface area contributed by atoms with Gasteiger partial charge < -0.3 is 5.11 Å². The monoisotopic (exact) mass is 313 g/mol. The molecule has 2 aromatic rings. The highest BCUT2D eigenvalue weighted by Gasteiger charge is 2.21. The Labute approximate surface area is 118 Å². The smallest absolute Gasteiger partial charge is 0.337 e. The molecule has 0 aliphatic rings. The first kappa shape index (κ1) is 14.9. The highest BCUT2D eigenvalue weighted by Crippen LogP contribution is 2.22. The van der Waals surface area contributed by atoms with E-state index < -0.39 is 43.8 Å². The maximum Gasteiger partial charge on any atom is 0.337 e. The van der Waals surface area contributed by atoms with Crippen LogP contribution >= 0.6 is 0 Å². The minimum atomic E-state index is -4.37. The van der Waals surface area contributed by atoms with Gasteiger partial charge in [0.15, 0.2) is 0 Å². The van der Waals surface area contributed by atoms with Crippen molar-refractivity contribution in [3.8, 4) is 0 Å². The minimum absolute atomic E-state index is 0.448. The van der Waals surface area contributed by atoms with Crippen LogP contribution in [0, 0.1) is 11.6 Å². The number of carboxylic acids is 1. The first-order valence-corrected chi connectivity index (χ1v) is 7.10. The molecule has 0 unspecified atom stereocenters. The summed E-state index contributed by atoms with van der Waals surface area (Å²) in [7, 11) is -4.37. The van der Waals surface area contributed by atoms with Crippen LogP contribution in [0.25, 0.3) is 0 Å². The van der Waals surface area contributed by atoms with E-state index >= 15 is 0 Å². The molecule has 0 atom stereocenters. The van der Waals surface area contributed by atoms with E-state index in [2.05, 4.69) is 0 Å². The van der Waals surface area contributed by atoms with Gasteiger partial charge in [0, 0.05) is 0 Å². The Balaban J connectivity index is 2.49. The van der Waals surface area contributed by atoms with Crippen molar-refractivity contribution in [3.63, 3.8) is 0 Å². The van der Waals surface area contributed by atoms with Gasteiger partial charge in [-0.1, -0.05) is 12.1 Å². The SMILES string of the molecule is O=C(O)c1ccc(F)cc1NS(=O)(=O)c1ccccc1F. The van der Waals surface area contributed by atoms with Crippen LogP contribution in [0.1, 0.15) is 10.4 Å². The van der Waals surface area contributed by atoms with Crippen LogP contribution in [0.2, 0.25) is 0 Å². The zero-order valence-corrected chi connectivity index (χ0v) is 11.2. The molecule has 0 amide bonds. The van der Waals surface area contributed by atoms with Crippen molar-refractivity contribution < 1.29 is 27.1 Å². The first-order valence-electron chi connectivity index (χ1n) is 5.61. The Morgan fingerprint density at radius 1 is 1.10 bits per heavy atom. The molecule has 0 radical (unpaired) electrons. The zero-order chi connectivity index (χ0) is 15.6. The van der Waals surface area contributed by atoms with E-state index in [0.717, 1.165) is 24.3 Å². The lowest BCUT2D eigenvalue weighted by atomic mass is 10.2. The van der Waals surface area contributed by atoms with Gasteiger partial charge in [-0.15, -0.1) is 0 Å². The third kappa shape index (κ3) is 3.16. The Morgan fingerprint density at radius 3 is 2.38 bits per heavy atom. The van der Waals surface area contributed by atoms with Crippen LogP contribution in [0.15, 0.2) is 47.4 Å². The number of sulfonamides is 1. The van der Waals surface area contributed by atoms with E-state index in [0.29, 0.717) is 6.07 Å². The number of benzene rings is 2. The maximum atomic E-state index is 13.5. The van der Waals surface area contributed by atoms with Crippen molar-refractivity contribution in [1.29, 1.82) is 0 Å². The molecule has 21 heavy (non-hydrogen) atoms. The zero-order valence-electron chi connectivity index (χ0n) is 10.4. The largest absolute Gasteiger partial charge is 0.478 e. The fourth-order valence-corrected chi connectivity index (χ4v) is 2.80. The average molecular weight is 313 g/mol. The summed E-state index contributed by atoms with van der Waals surface area (Å²) in [6.45, 7) is 0. The number of aromatic carboxylic acids is 1. The summed E-state index contributed by atoms with van der Waals surface area (Å²) in [5, 5.41) is 8.95. The van der Waals surface area contributed by atoms with Crippen molar-refractivity contribution in [1.82, 2.24) is 0 Å². The molecule has 0 bridgehead atoms. The fraction of sp³-hybridized carbons (Fsp3) is 0. The van der Waals surface area contributed by atoms with E-state index in [1.165, 1.54) is 12.1 Å². The van der Waals surface area contributed by atoms with Crippen LogP contribution in [0.4, 0.5) is 14.5 Å². The van der Waals surface area contributed by atoms with E-state index in [-0.39, 0.29) is 0 Å². The predicted octanol–water partition coefficient (Wildman–Crippen LogP) is 2.46. The van der Waals surface area contributed by atoms with Crippen LogP contribution in [0.5, 0.6) is 0 Å². The maximum absolute atomic E-state index is 13.5. The number of hydrogen-bond donors (Lipinski definition) is 2. The lowest BCUT2D eigenvalue weighted by Crippen LogP contribution is -2.17. The molecule has 2 rings (SSSR count). The lowest BCUT2D eigenvalue weighted by Gasteiger charge is -2.11. The van der Waals surface area contributed by atoms with Crippen molar-refractivity contribution in [2.45, 2.75) is 4.90 Å². The highest BCUT2D eigenvalue weighted by atomic mass is 32.2. The van der Waals surface area contributed by atoms with Gasteiger partial charge in [-0.25, -0.2) is 22.0 Å². The third-order valence-corrected chi connectivity index (χ3v) is 3.98. The van der Waals surface area contributed by atoms with E-state index in [4.69, 9.17) is 5.11 Å². The quantitative estimate of drug-likeness (QED) is 0.908. The van der Waals surface area contributed by atoms with Gasteiger partial charge in [-0.2, -0.15) is 0 Å². The number of anilines is 1. The number of nitrogens with one attached hydrogen (secondary N) is 1. The lowest BCUT2D eigenvalue weighted by molar-refractivity contribution is 0.0698. The summed E-state index contributed by atoms with van der Waals surface area (Å²) < 4.78 is 52.6. The second-order valence-corrected chi connectivity index (χ2v) is 5.68. The number of rotatable bonds is 4. The predicted molar refractivity (Wildman–Crippen MR) is 70.6 cm³/mol. The van der Waals surface area contributed by atoms with Crippen molar-refractivity contribution >= 4 is 21.7 Å². The number of hydrogen-bond acceptors (Lipinski definition) is 3. The molecular weight excluding hydrogens is 304 g/mol. The van der Waals surface area contributed by atoms with Gasteiger partial charge in [-0.3, -0.25) is 4.72 Å². The van der Waals surface area contributed by atoms with Crippen LogP contribution in [-0.2, 0) is 10.0 Å². The molecule has 0 aliphatic heterocycles. The van der Waals surface area contributed by atoms with E-state index in [9.17, 15) is 22.0 Å². The Kier molecular flexibility index (Phi) is 3.90. The summed E-state index contributed by atoms with van der Waals surface area (Å²) in [6, 6.07) is 7.07. The van der Waals surface area contributed by atoms with Gasteiger partial charge in [0.2, 0.25) is 0 Å². The average Bonchev–Trinajstić information content (AvgIpc) is 2.38. The molecule has 0 aliphatic carbocycles. The molecule has 0 aromatic heterocycles. The molecule has 110 valence electrons. The minimum Gasteiger partial charge on any atom is -0.478 e. The van der Waals surface area contributed by atoms with Crippen LogP contribution < -0.4 is 4.72 Å². The van der Waals surface area contributed by atoms with Crippen molar-refractivity contribution in [3.05, 3.63) is 59.7 Å². The molecule has 0 fully saturated rings. The molecule has 8 heteroatoms. The van der Waals surface area contributed by atoms with Gasteiger partial charge >= 0.3 is 5.97 Å². The van der Waals surface area contributed by atoms with Gasteiger partial charge in [0.1, 0.15) is 16.5 Å². The number of halogens is 2. The van der Waals surface area contributed by atoms with Crippen molar-refractivity contribution in [2.75, 3.05) is 4.72 Å². The van der Waals surface area contributed by atoms with E-state index in [1.54, 1.807) is 0 Å². The van der Waals surface area contributed by atoms with Gasteiger partial charge in [0.05, 0.1) is 11.3 Å². The molecule has 2 N–H and O–H groups in total. The summed E-state index contributed by atoms with van der Waals surface area (Å²) in [6.07, 6.45) is 0. The summed E-state index contributed by atoms with van der Waals surface area (Å²) in [5.74, 6) is -3.27. The molecule has 2 aromatic carbocycles. The molecule has 0 saturated heterocycles. The summed E-state index contributed by atoms with van der Waals surface area (Å²) >= 11 is 0. The second kappa shape index (κ2) is 5.49. The molecule has 5 nitrogen and oxygen atoms in total. The Bertz CT molecular complexity index is 806. The third-order valence-electron chi connectivity index (χ3n) is 2.58. The standard InChI is InChI=1S/C13H9F2NO4S/c14-8-5-6-9(13(17)18)11(7-8)16-21(19,20)12-4-2-1-3-10(12)15/h1-7,16H,(H,17,18). The van der Waals surface area contributed by atoms with Crippen LogP contribution in [-0.4, -0.2) is 19.5 Å². The summed E-state index contributed by atoms with van der Waals surface area (Å²) in [4.78, 5) is 10.3. The number of carbonyl (C=O) groups is 1. The highest BCUT2D eigenvalue weighted by molar-refractivity contribution is 7.92.